The van der Waals surface area contributed by atoms with Crippen LogP contribution in [0.15, 0.2) is 18.2 Å². The Morgan fingerprint density at radius 2 is 2.06 bits per heavy atom. The Bertz CT molecular complexity index is 394. The third-order valence-corrected chi connectivity index (χ3v) is 4.08. The summed E-state index contributed by atoms with van der Waals surface area (Å²) >= 11 is 6.14. The first-order valence-electron chi connectivity index (χ1n) is 6.79. The van der Waals surface area contributed by atoms with Crippen molar-refractivity contribution in [3.05, 3.63) is 23.2 Å². The van der Waals surface area contributed by atoms with Gasteiger partial charge in [-0.1, -0.05) is 31.4 Å². The van der Waals surface area contributed by atoms with E-state index in [4.69, 9.17) is 16.3 Å². The predicted octanol–water partition coefficient (Wildman–Crippen LogP) is 4.73. The van der Waals surface area contributed by atoms with Gasteiger partial charge in [0.2, 0.25) is 0 Å². The summed E-state index contributed by atoms with van der Waals surface area (Å²) < 4.78 is 5.16. The van der Waals surface area contributed by atoms with Crippen LogP contribution in [-0.4, -0.2) is 13.2 Å². The summed E-state index contributed by atoms with van der Waals surface area (Å²) in [6.07, 6.45) is 6.52. The summed E-state index contributed by atoms with van der Waals surface area (Å²) in [6, 6.07) is 6.50. The maximum absolute atomic E-state index is 6.14. The van der Waals surface area contributed by atoms with Gasteiger partial charge in [0, 0.05) is 11.7 Å². The number of hydrogen-bond donors (Lipinski definition) is 1. The lowest BCUT2D eigenvalue weighted by Gasteiger charge is -2.18. The number of rotatable bonds is 3. The maximum Gasteiger partial charge on any atom is 0.137 e. The highest BCUT2D eigenvalue weighted by molar-refractivity contribution is 6.32. The molecule has 0 aliphatic heterocycles. The van der Waals surface area contributed by atoms with E-state index >= 15 is 0 Å². The van der Waals surface area contributed by atoms with Crippen molar-refractivity contribution in [2.45, 2.75) is 45.1 Å². The van der Waals surface area contributed by atoms with Gasteiger partial charge in [0.05, 0.1) is 12.1 Å². The topological polar surface area (TPSA) is 21.3 Å². The minimum atomic E-state index is 0.583. The van der Waals surface area contributed by atoms with Crippen molar-refractivity contribution in [1.29, 1.82) is 0 Å². The molecule has 1 saturated carbocycles. The smallest absolute Gasteiger partial charge is 0.137 e. The van der Waals surface area contributed by atoms with Gasteiger partial charge in [-0.2, -0.15) is 0 Å². The molecule has 0 aromatic heterocycles. The molecule has 2 nitrogen and oxygen atoms in total. The van der Waals surface area contributed by atoms with Crippen LogP contribution >= 0.6 is 11.6 Å². The Kier molecular flexibility index (Phi) is 4.76. The van der Waals surface area contributed by atoms with Gasteiger partial charge in [-0.05, 0) is 43.4 Å². The van der Waals surface area contributed by atoms with Gasteiger partial charge in [-0.3, -0.25) is 0 Å². The number of methoxy groups -OCH3 is 1. The molecule has 18 heavy (non-hydrogen) atoms. The molecule has 1 aliphatic carbocycles. The van der Waals surface area contributed by atoms with Gasteiger partial charge >= 0.3 is 0 Å². The Hall–Kier alpha value is -0.890. The Morgan fingerprint density at radius 3 is 2.78 bits per heavy atom. The second kappa shape index (κ2) is 6.33. The zero-order chi connectivity index (χ0) is 13.0. The Labute approximate surface area is 115 Å². The van der Waals surface area contributed by atoms with Crippen molar-refractivity contribution < 1.29 is 4.74 Å². The van der Waals surface area contributed by atoms with E-state index in [2.05, 4.69) is 12.2 Å². The maximum atomic E-state index is 6.14. The average Bonchev–Trinajstić information content (AvgIpc) is 2.55. The van der Waals surface area contributed by atoms with Crippen LogP contribution in [-0.2, 0) is 0 Å². The van der Waals surface area contributed by atoms with E-state index in [9.17, 15) is 0 Å². The van der Waals surface area contributed by atoms with Crippen LogP contribution in [0.5, 0.6) is 5.75 Å². The summed E-state index contributed by atoms with van der Waals surface area (Å²) in [5.41, 5.74) is 1.10. The third kappa shape index (κ3) is 3.55. The molecule has 0 spiro atoms. The van der Waals surface area contributed by atoms with Crippen LogP contribution in [0.4, 0.5) is 5.69 Å². The minimum absolute atomic E-state index is 0.583. The van der Waals surface area contributed by atoms with Gasteiger partial charge in [0.15, 0.2) is 0 Å². The molecular weight excluding hydrogens is 246 g/mol. The molecule has 0 heterocycles. The zero-order valence-corrected chi connectivity index (χ0v) is 12.0. The molecule has 1 aromatic rings. The van der Waals surface area contributed by atoms with Crippen LogP contribution in [0.1, 0.15) is 39.0 Å². The van der Waals surface area contributed by atoms with Gasteiger partial charge in [-0.15, -0.1) is 0 Å². The first kappa shape index (κ1) is 13.5. The summed E-state index contributed by atoms with van der Waals surface area (Å²) in [6.45, 7) is 2.35. The fourth-order valence-electron chi connectivity index (χ4n) is 2.62. The van der Waals surface area contributed by atoms with Crippen molar-refractivity contribution in [1.82, 2.24) is 0 Å². The van der Waals surface area contributed by atoms with E-state index in [1.807, 2.05) is 18.2 Å². The molecule has 0 bridgehead atoms. The molecule has 0 radical (unpaired) electrons. The van der Waals surface area contributed by atoms with Gasteiger partial charge in [-0.25, -0.2) is 0 Å². The van der Waals surface area contributed by atoms with E-state index < -0.39 is 0 Å². The number of ether oxygens (including phenoxy) is 1. The number of halogens is 1. The second-order valence-electron chi connectivity index (χ2n) is 5.30. The van der Waals surface area contributed by atoms with Crippen molar-refractivity contribution >= 4 is 17.3 Å². The van der Waals surface area contributed by atoms with Gasteiger partial charge in [0.1, 0.15) is 5.75 Å². The quantitative estimate of drug-likeness (QED) is 0.800. The highest BCUT2D eigenvalue weighted by atomic mass is 35.5. The molecule has 2 rings (SSSR count). The van der Waals surface area contributed by atoms with Crippen molar-refractivity contribution in [3.63, 3.8) is 0 Å². The third-order valence-electron chi connectivity index (χ3n) is 3.78. The van der Waals surface area contributed by atoms with Crippen LogP contribution in [0.3, 0.4) is 0 Å². The minimum Gasteiger partial charge on any atom is -0.495 e. The van der Waals surface area contributed by atoms with Crippen LogP contribution < -0.4 is 10.1 Å². The highest BCUT2D eigenvalue weighted by Gasteiger charge is 2.16. The molecule has 2 atom stereocenters. The monoisotopic (exact) mass is 267 g/mol. The number of anilines is 1. The summed E-state index contributed by atoms with van der Waals surface area (Å²) in [7, 11) is 1.64. The van der Waals surface area contributed by atoms with Crippen molar-refractivity contribution in [2.24, 2.45) is 5.92 Å². The average molecular weight is 268 g/mol. The number of benzene rings is 1. The fourth-order valence-corrected chi connectivity index (χ4v) is 2.88. The van der Waals surface area contributed by atoms with Crippen LogP contribution in [0.2, 0.25) is 5.02 Å². The van der Waals surface area contributed by atoms with E-state index in [0.29, 0.717) is 11.1 Å². The molecule has 1 aromatic carbocycles. The fraction of sp³-hybridized carbons (Fsp3) is 0.600. The van der Waals surface area contributed by atoms with E-state index in [1.165, 1.54) is 32.1 Å². The lowest BCUT2D eigenvalue weighted by atomic mass is 10.0. The largest absolute Gasteiger partial charge is 0.495 e. The first-order chi connectivity index (χ1) is 8.69. The Balaban J connectivity index is 1.98. The molecule has 3 heteroatoms. The molecule has 1 aliphatic rings. The lowest BCUT2D eigenvalue weighted by Crippen LogP contribution is -2.18. The van der Waals surface area contributed by atoms with E-state index in [-0.39, 0.29) is 0 Å². The van der Waals surface area contributed by atoms with Crippen LogP contribution in [0.25, 0.3) is 0 Å². The highest BCUT2D eigenvalue weighted by Crippen LogP contribution is 2.29. The van der Waals surface area contributed by atoms with E-state index in [0.717, 1.165) is 17.4 Å². The van der Waals surface area contributed by atoms with Gasteiger partial charge in [0.25, 0.3) is 0 Å². The molecule has 1 N–H and O–H groups in total. The molecule has 0 saturated heterocycles. The molecular formula is C15H22ClNO. The Morgan fingerprint density at radius 1 is 1.22 bits per heavy atom. The molecule has 100 valence electrons. The SMILES string of the molecule is COc1ccc(NC2CCCC(C)CC2)cc1Cl. The standard InChI is InChI=1S/C15H22ClNO/c1-11-4-3-5-12(7-6-11)17-13-8-9-15(18-2)14(16)10-13/h8-12,17H,3-7H2,1-2H3. The molecule has 0 amide bonds. The zero-order valence-electron chi connectivity index (χ0n) is 11.2. The van der Waals surface area contributed by atoms with Crippen molar-refractivity contribution in [3.8, 4) is 5.75 Å². The summed E-state index contributed by atoms with van der Waals surface area (Å²) in [5.74, 6) is 1.60. The lowest BCUT2D eigenvalue weighted by molar-refractivity contribution is 0.415. The van der Waals surface area contributed by atoms with Crippen molar-refractivity contribution in [2.75, 3.05) is 12.4 Å². The molecule has 1 fully saturated rings. The van der Waals surface area contributed by atoms with E-state index in [1.54, 1.807) is 7.11 Å². The van der Waals surface area contributed by atoms with Gasteiger partial charge < -0.3 is 10.1 Å². The first-order valence-corrected chi connectivity index (χ1v) is 7.17. The second-order valence-corrected chi connectivity index (χ2v) is 5.71. The predicted molar refractivity (Wildman–Crippen MR) is 77.7 cm³/mol. The summed E-state index contributed by atoms with van der Waals surface area (Å²) in [4.78, 5) is 0. The number of hydrogen-bond acceptors (Lipinski definition) is 2. The summed E-state index contributed by atoms with van der Waals surface area (Å²) in [5, 5.41) is 4.26. The number of nitrogens with one attached hydrogen (secondary N) is 1. The normalized spacial score (nSPS) is 24.4. The molecule has 2 unspecified atom stereocenters. The van der Waals surface area contributed by atoms with Crippen LogP contribution in [0, 0.1) is 5.92 Å².